The number of nitrogens with zero attached hydrogens (tertiary/aromatic N) is 3. The maximum atomic E-state index is 12.5. The van der Waals surface area contributed by atoms with Gasteiger partial charge in [-0.25, -0.2) is 9.48 Å². The minimum Gasteiger partial charge on any atom is -0.467 e. The van der Waals surface area contributed by atoms with Gasteiger partial charge in [0.05, 0.1) is 25.0 Å². The van der Waals surface area contributed by atoms with E-state index in [4.69, 9.17) is 4.42 Å². The van der Waals surface area contributed by atoms with Gasteiger partial charge in [-0.1, -0.05) is 0 Å². The summed E-state index contributed by atoms with van der Waals surface area (Å²) in [4.78, 5) is 51.4. The van der Waals surface area contributed by atoms with Gasteiger partial charge in [-0.2, -0.15) is 5.10 Å². The summed E-state index contributed by atoms with van der Waals surface area (Å²) in [7, 11) is 0. The number of carbonyl (C=O) groups is 1. The van der Waals surface area contributed by atoms with E-state index in [9.17, 15) is 19.2 Å². The highest BCUT2D eigenvalue weighted by Gasteiger charge is 2.17. The predicted molar refractivity (Wildman–Crippen MR) is 102 cm³/mol. The Balaban J connectivity index is 1.46. The first kappa shape index (κ1) is 18.7. The Kier molecular flexibility index (Phi) is 4.98. The van der Waals surface area contributed by atoms with Crippen LogP contribution in [0, 0.1) is 0 Å². The fourth-order valence-corrected chi connectivity index (χ4v) is 3.35. The van der Waals surface area contributed by atoms with Crippen molar-refractivity contribution in [1.29, 1.82) is 0 Å². The summed E-state index contributed by atoms with van der Waals surface area (Å²) in [5, 5.41) is 6.93. The monoisotopic (exact) mass is 397 g/mol. The zero-order chi connectivity index (χ0) is 20.4. The molecule has 3 aromatic rings. The number of aromatic nitrogens is 4. The van der Waals surface area contributed by atoms with Crippen LogP contribution in [0.25, 0.3) is 0 Å². The number of H-pyrrole nitrogens is 1. The Bertz CT molecular complexity index is 1220. The van der Waals surface area contributed by atoms with E-state index in [-0.39, 0.29) is 30.8 Å². The topological polar surface area (TPSA) is 132 Å². The van der Waals surface area contributed by atoms with Crippen molar-refractivity contribution in [1.82, 2.24) is 24.6 Å². The number of amides is 1. The smallest absolute Gasteiger partial charge is 0.328 e. The molecule has 0 saturated carbocycles. The van der Waals surface area contributed by atoms with Crippen molar-refractivity contribution in [2.24, 2.45) is 0 Å². The van der Waals surface area contributed by atoms with Gasteiger partial charge in [-0.05, 0) is 37.0 Å². The van der Waals surface area contributed by atoms with Crippen LogP contribution < -0.4 is 22.1 Å². The molecule has 0 saturated heterocycles. The summed E-state index contributed by atoms with van der Waals surface area (Å²) in [5.41, 5.74) is 0.112. The average Bonchev–Trinajstić information content (AvgIpc) is 3.36. The lowest BCUT2D eigenvalue weighted by molar-refractivity contribution is 0.0949. The van der Waals surface area contributed by atoms with Crippen LogP contribution in [0.2, 0.25) is 0 Å². The number of fused-ring (bicyclic) bond motifs is 1. The molecule has 0 bridgehead atoms. The first-order chi connectivity index (χ1) is 14.0. The molecule has 1 aliphatic carbocycles. The van der Waals surface area contributed by atoms with E-state index in [1.54, 1.807) is 18.2 Å². The number of nitrogens with one attached hydrogen (secondary N) is 2. The maximum absolute atomic E-state index is 12.5. The van der Waals surface area contributed by atoms with Crippen molar-refractivity contribution >= 4 is 5.91 Å². The van der Waals surface area contributed by atoms with Crippen molar-refractivity contribution in [2.75, 3.05) is 6.54 Å². The van der Waals surface area contributed by atoms with Gasteiger partial charge in [-0.15, -0.1) is 0 Å². The Labute approximate surface area is 163 Å². The second-order valence-corrected chi connectivity index (χ2v) is 6.77. The molecule has 0 fully saturated rings. The van der Waals surface area contributed by atoms with Crippen molar-refractivity contribution in [2.45, 2.75) is 32.4 Å². The van der Waals surface area contributed by atoms with E-state index >= 15 is 0 Å². The molecule has 2 N–H and O–H groups in total. The maximum Gasteiger partial charge on any atom is 0.328 e. The van der Waals surface area contributed by atoms with Crippen molar-refractivity contribution in [3.63, 3.8) is 0 Å². The number of rotatable bonds is 6. The zero-order valence-corrected chi connectivity index (χ0v) is 15.5. The van der Waals surface area contributed by atoms with E-state index in [2.05, 4.69) is 15.4 Å². The standard InChI is InChI=1S/C19H19N5O5/c25-16-9-12-3-1-5-15(12)22-24(16)7-6-20-17(26)14-10-21-19(28)23(18(14)27)11-13-4-2-8-29-13/h2,4,8-10H,1,3,5-7,11H2,(H,20,26)(H,21,28). The lowest BCUT2D eigenvalue weighted by Gasteiger charge is -2.09. The van der Waals surface area contributed by atoms with Crippen molar-refractivity contribution in [3.8, 4) is 0 Å². The van der Waals surface area contributed by atoms with Gasteiger partial charge in [0.2, 0.25) is 0 Å². The summed E-state index contributed by atoms with van der Waals surface area (Å²) < 4.78 is 7.35. The number of aryl methyl sites for hydroxylation is 2. The first-order valence-electron chi connectivity index (χ1n) is 9.26. The van der Waals surface area contributed by atoms with Gasteiger partial charge >= 0.3 is 5.69 Å². The molecule has 10 heteroatoms. The number of carbonyl (C=O) groups excluding carboxylic acids is 1. The second-order valence-electron chi connectivity index (χ2n) is 6.77. The minimum atomic E-state index is -0.726. The van der Waals surface area contributed by atoms with Crippen LogP contribution in [0.3, 0.4) is 0 Å². The lowest BCUT2D eigenvalue weighted by Crippen LogP contribution is -2.41. The van der Waals surface area contributed by atoms with Crippen LogP contribution in [0.5, 0.6) is 0 Å². The number of hydrogen-bond donors (Lipinski definition) is 2. The van der Waals surface area contributed by atoms with Gasteiger partial charge in [-0.3, -0.25) is 19.0 Å². The van der Waals surface area contributed by atoms with Crippen LogP contribution in [0.1, 0.15) is 33.8 Å². The van der Waals surface area contributed by atoms with Gasteiger partial charge in [0.15, 0.2) is 0 Å². The van der Waals surface area contributed by atoms with Crippen LogP contribution >= 0.6 is 0 Å². The third kappa shape index (κ3) is 3.82. The summed E-state index contributed by atoms with van der Waals surface area (Å²) in [6, 6.07) is 4.85. The molecule has 0 atom stereocenters. The lowest BCUT2D eigenvalue weighted by atomic mass is 10.2. The molecule has 0 radical (unpaired) electrons. The molecule has 3 heterocycles. The quantitative estimate of drug-likeness (QED) is 0.585. The van der Waals surface area contributed by atoms with Crippen LogP contribution in [-0.4, -0.2) is 31.8 Å². The Hall–Kier alpha value is -3.69. The van der Waals surface area contributed by atoms with E-state index in [0.29, 0.717) is 5.76 Å². The zero-order valence-electron chi connectivity index (χ0n) is 15.5. The molecular weight excluding hydrogens is 378 g/mol. The predicted octanol–water partition coefficient (Wildman–Crippen LogP) is -0.347. The van der Waals surface area contributed by atoms with Gasteiger partial charge in [0.1, 0.15) is 11.3 Å². The highest BCUT2D eigenvalue weighted by Crippen LogP contribution is 2.16. The molecule has 0 unspecified atom stereocenters. The summed E-state index contributed by atoms with van der Waals surface area (Å²) in [5.74, 6) is -0.231. The summed E-state index contributed by atoms with van der Waals surface area (Å²) in [6.07, 6.45) is 5.21. The molecule has 0 spiro atoms. The van der Waals surface area contributed by atoms with Gasteiger partial charge in [0.25, 0.3) is 17.0 Å². The fourth-order valence-electron chi connectivity index (χ4n) is 3.35. The van der Waals surface area contributed by atoms with Crippen molar-refractivity contribution in [3.05, 3.63) is 84.4 Å². The molecule has 1 aliphatic rings. The summed E-state index contributed by atoms with van der Waals surface area (Å²) in [6.45, 7) is 0.208. The molecule has 0 aromatic carbocycles. The normalized spacial score (nSPS) is 12.7. The minimum absolute atomic E-state index is 0.0866. The molecule has 10 nitrogen and oxygen atoms in total. The van der Waals surface area contributed by atoms with Crippen LogP contribution in [0.4, 0.5) is 0 Å². The molecule has 150 valence electrons. The number of aromatic amines is 1. The average molecular weight is 397 g/mol. The number of hydrogen-bond acceptors (Lipinski definition) is 6. The molecule has 4 rings (SSSR count). The van der Waals surface area contributed by atoms with Gasteiger partial charge < -0.3 is 14.7 Å². The van der Waals surface area contributed by atoms with E-state index in [1.807, 2.05) is 0 Å². The SMILES string of the molecule is O=C(NCCn1nc2c(cc1=O)CCC2)c1c[nH]c(=O)n(Cc2ccco2)c1=O. The molecule has 3 aromatic heterocycles. The van der Waals surface area contributed by atoms with Crippen LogP contribution in [0.15, 0.2) is 49.5 Å². The van der Waals surface area contributed by atoms with Crippen molar-refractivity contribution < 1.29 is 9.21 Å². The first-order valence-corrected chi connectivity index (χ1v) is 9.26. The second kappa shape index (κ2) is 7.74. The van der Waals surface area contributed by atoms with E-state index in [1.165, 1.54) is 10.9 Å². The third-order valence-corrected chi connectivity index (χ3v) is 4.83. The van der Waals surface area contributed by atoms with E-state index < -0.39 is 17.2 Å². The largest absolute Gasteiger partial charge is 0.467 e. The fraction of sp³-hybridized carbons (Fsp3) is 0.316. The molecule has 29 heavy (non-hydrogen) atoms. The molecular formula is C19H19N5O5. The van der Waals surface area contributed by atoms with Crippen LogP contribution in [-0.2, 0) is 25.9 Å². The Morgan fingerprint density at radius 3 is 2.93 bits per heavy atom. The highest BCUT2D eigenvalue weighted by molar-refractivity contribution is 5.93. The number of furan rings is 1. The highest BCUT2D eigenvalue weighted by atomic mass is 16.3. The third-order valence-electron chi connectivity index (χ3n) is 4.83. The summed E-state index contributed by atoms with van der Waals surface area (Å²) >= 11 is 0. The Morgan fingerprint density at radius 1 is 1.28 bits per heavy atom. The van der Waals surface area contributed by atoms with Gasteiger partial charge in [0, 0.05) is 18.8 Å². The van der Waals surface area contributed by atoms with E-state index in [0.717, 1.165) is 41.3 Å². The molecule has 1 amide bonds. The Morgan fingerprint density at radius 2 is 2.14 bits per heavy atom. The molecule has 0 aliphatic heterocycles.